The van der Waals surface area contributed by atoms with Gasteiger partial charge in [0.2, 0.25) is 5.91 Å². The molecule has 104 valence electrons. The molecule has 2 atom stereocenters. The van der Waals surface area contributed by atoms with Gasteiger partial charge >= 0.3 is 12.0 Å². The highest BCUT2D eigenvalue weighted by molar-refractivity contribution is 5.86. The normalized spacial score (nSPS) is 13.3. The first-order chi connectivity index (χ1) is 8.40. The second kappa shape index (κ2) is 8.29. The van der Waals surface area contributed by atoms with Crippen LogP contribution in [0.15, 0.2) is 0 Å². The van der Waals surface area contributed by atoms with Gasteiger partial charge in [-0.1, -0.05) is 0 Å². The molecule has 0 bridgehead atoms. The van der Waals surface area contributed by atoms with Crippen molar-refractivity contribution < 1.29 is 24.2 Å². The number of amides is 3. The van der Waals surface area contributed by atoms with Crippen LogP contribution < -0.4 is 16.0 Å². The Morgan fingerprint density at radius 3 is 2.39 bits per heavy atom. The fraction of sp³-hybridized carbons (Fsp3) is 0.700. The van der Waals surface area contributed by atoms with Gasteiger partial charge in [0.05, 0.1) is 12.5 Å². The third-order valence-electron chi connectivity index (χ3n) is 2.21. The lowest BCUT2D eigenvalue weighted by molar-refractivity contribution is -0.139. The van der Waals surface area contributed by atoms with Crippen LogP contribution in [0.4, 0.5) is 4.79 Å². The van der Waals surface area contributed by atoms with E-state index < -0.39 is 24.1 Å². The fourth-order valence-corrected chi connectivity index (χ4v) is 1.17. The Bertz CT molecular complexity index is 308. The summed E-state index contributed by atoms with van der Waals surface area (Å²) in [7, 11) is 2.83. The van der Waals surface area contributed by atoms with Gasteiger partial charge < -0.3 is 25.8 Å². The first-order valence-electron chi connectivity index (χ1n) is 5.41. The van der Waals surface area contributed by atoms with Gasteiger partial charge in [-0.05, 0) is 6.92 Å². The summed E-state index contributed by atoms with van der Waals surface area (Å²) < 4.78 is 4.88. The molecule has 0 fully saturated rings. The molecule has 4 N–H and O–H groups in total. The van der Waals surface area contributed by atoms with Crippen LogP contribution in [0.1, 0.15) is 13.3 Å². The van der Waals surface area contributed by atoms with E-state index >= 15 is 0 Å². The zero-order valence-electron chi connectivity index (χ0n) is 10.6. The number of hydrogen-bond acceptors (Lipinski definition) is 4. The summed E-state index contributed by atoms with van der Waals surface area (Å²) >= 11 is 0. The molecule has 0 saturated heterocycles. The Hall–Kier alpha value is -1.83. The van der Waals surface area contributed by atoms with Gasteiger partial charge in [-0.2, -0.15) is 0 Å². The first-order valence-corrected chi connectivity index (χ1v) is 5.41. The number of nitrogens with one attached hydrogen (secondary N) is 3. The van der Waals surface area contributed by atoms with Crippen molar-refractivity contribution in [1.29, 1.82) is 0 Å². The van der Waals surface area contributed by atoms with Gasteiger partial charge in [0.25, 0.3) is 0 Å². The molecule has 0 saturated carbocycles. The Labute approximate surface area is 105 Å². The minimum absolute atomic E-state index is 0.0507. The van der Waals surface area contributed by atoms with Crippen LogP contribution in [0.3, 0.4) is 0 Å². The highest BCUT2D eigenvalue weighted by Crippen LogP contribution is 1.95. The summed E-state index contributed by atoms with van der Waals surface area (Å²) in [6, 6.07) is -1.23. The largest absolute Gasteiger partial charge is 0.481 e. The third kappa shape index (κ3) is 6.69. The van der Waals surface area contributed by atoms with Crippen molar-refractivity contribution in [3.8, 4) is 0 Å². The van der Waals surface area contributed by atoms with Crippen molar-refractivity contribution in [3.05, 3.63) is 0 Å². The molecule has 0 aliphatic rings. The number of carboxylic acids is 1. The minimum Gasteiger partial charge on any atom is -0.481 e. The first kappa shape index (κ1) is 16.2. The second-order valence-electron chi connectivity index (χ2n) is 3.65. The molecule has 8 heteroatoms. The maximum atomic E-state index is 11.4. The molecule has 0 rings (SSSR count). The van der Waals surface area contributed by atoms with Gasteiger partial charge in [0.1, 0.15) is 6.04 Å². The van der Waals surface area contributed by atoms with E-state index in [2.05, 4.69) is 16.0 Å². The molecule has 0 spiro atoms. The van der Waals surface area contributed by atoms with Crippen LogP contribution in [0.25, 0.3) is 0 Å². The van der Waals surface area contributed by atoms with E-state index in [1.54, 1.807) is 0 Å². The number of carboxylic acid groups (broad SMARTS) is 1. The number of aliphatic carboxylic acids is 1. The quantitative estimate of drug-likeness (QED) is 0.464. The van der Waals surface area contributed by atoms with E-state index in [0.717, 1.165) is 0 Å². The topological polar surface area (TPSA) is 117 Å². The lowest BCUT2D eigenvalue weighted by atomic mass is 10.2. The zero-order chi connectivity index (χ0) is 14.1. The van der Waals surface area contributed by atoms with Crippen LogP contribution >= 0.6 is 0 Å². The minimum atomic E-state index is -1.01. The van der Waals surface area contributed by atoms with Crippen LogP contribution in [0.5, 0.6) is 0 Å². The third-order valence-corrected chi connectivity index (χ3v) is 2.21. The maximum absolute atomic E-state index is 11.4. The molecular formula is C10H19N3O5. The number of hydrogen-bond donors (Lipinski definition) is 4. The van der Waals surface area contributed by atoms with E-state index in [1.165, 1.54) is 21.1 Å². The molecule has 0 aliphatic heterocycles. The highest BCUT2D eigenvalue weighted by atomic mass is 16.5. The average Bonchev–Trinajstić information content (AvgIpc) is 2.32. The van der Waals surface area contributed by atoms with E-state index in [-0.39, 0.29) is 18.9 Å². The van der Waals surface area contributed by atoms with Crippen molar-refractivity contribution in [1.82, 2.24) is 16.0 Å². The Balaban J connectivity index is 4.01. The van der Waals surface area contributed by atoms with Crippen LogP contribution in [0.2, 0.25) is 0 Å². The number of methoxy groups -OCH3 is 1. The van der Waals surface area contributed by atoms with Gasteiger partial charge in [0.15, 0.2) is 0 Å². The van der Waals surface area contributed by atoms with Crippen molar-refractivity contribution >= 4 is 17.9 Å². The molecule has 18 heavy (non-hydrogen) atoms. The molecule has 0 aromatic rings. The number of carbonyl (C=O) groups is 3. The smallest absolute Gasteiger partial charge is 0.315 e. The Morgan fingerprint density at radius 2 is 1.94 bits per heavy atom. The molecule has 0 aliphatic carbocycles. The number of carbonyl (C=O) groups excluding carboxylic acids is 2. The van der Waals surface area contributed by atoms with E-state index in [4.69, 9.17) is 9.84 Å². The van der Waals surface area contributed by atoms with Crippen LogP contribution in [-0.4, -0.2) is 55.9 Å². The highest BCUT2D eigenvalue weighted by Gasteiger charge is 2.16. The van der Waals surface area contributed by atoms with Crippen molar-refractivity contribution in [2.45, 2.75) is 25.5 Å². The predicted molar refractivity (Wildman–Crippen MR) is 63.1 cm³/mol. The lowest BCUT2D eigenvalue weighted by Gasteiger charge is -2.16. The van der Waals surface area contributed by atoms with Crippen molar-refractivity contribution in [3.63, 3.8) is 0 Å². The maximum Gasteiger partial charge on any atom is 0.315 e. The SMILES string of the molecule is CNC(=O)C(C)NC(=O)NCC(CC(=O)O)OC. The molecule has 0 radical (unpaired) electrons. The van der Waals surface area contributed by atoms with E-state index in [9.17, 15) is 14.4 Å². The summed E-state index contributed by atoms with van der Waals surface area (Å²) in [6.45, 7) is 1.58. The van der Waals surface area contributed by atoms with Gasteiger partial charge in [0, 0.05) is 20.7 Å². The van der Waals surface area contributed by atoms with Crippen molar-refractivity contribution in [2.75, 3.05) is 20.7 Å². The summed E-state index contributed by atoms with van der Waals surface area (Å²) in [5.74, 6) is -1.33. The monoisotopic (exact) mass is 261 g/mol. The zero-order valence-corrected chi connectivity index (χ0v) is 10.6. The molecule has 0 aromatic heterocycles. The predicted octanol–water partition coefficient (Wildman–Crippen LogP) is -1.09. The van der Waals surface area contributed by atoms with E-state index in [0.29, 0.717) is 0 Å². The number of rotatable bonds is 7. The standard InChI is InChI=1S/C10H19N3O5/c1-6(9(16)11-2)13-10(17)12-5-7(18-3)4-8(14)15/h6-7H,4-5H2,1-3H3,(H,11,16)(H,14,15)(H2,12,13,17). The van der Waals surface area contributed by atoms with Crippen molar-refractivity contribution in [2.24, 2.45) is 0 Å². The summed E-state index contributed by atoms with van der Waals surface area (Å²) in [6.07, 6.45) is -0.814. The average molecular weight is 261 g/mol. The van der Waals surface area contributed by atoms with Crippen LogP contribution in [0, 0.1) is 0 Å². The number of likely N-dealkylation sites (N-methyl/N-ethyl adjacent to an activating group) is 1. The second-order valence-corrected chi connectivity index (χ2v) is 3.65. The van der Waals surface area contributed by atoms with Crippen LogP contribution in [-0.2, 0) is 14.3 Å². The van der Waals surface area contributed by atoms with Gasteiger partial charge in [-0.3, -0.25) is 9.59 Å². The van der Waals surface area contributed by atoms with Gasteiger partial charge in [-0.25, -0.2) is 4.79 Å². The number of urea groups is 1. The number of ether oxygens (including phenoxy) is 1. The molecule has 3 amide bonds. The Morgan fingerprint density at radius 1 is 1.33 bits per heavy atom. The molecule has 8 nitrogen and oxygen atoms in total. The Kier molecular flexibility index (Phi) is 7.45. The molecule has 2 unspecified atom stereocenters. The summed E-state index contributed by atoms with van der Waals surface area (Å²) in [5, 5.41) is 15.8. The lowest BCUT2D eigenvalue weighted by Crippen LogP contribution is -2.49. The summed E-state index contributed by atoms with van der Waals surface area (Å²) in [5.41, 5.74) is 0. The molecule has 0 aromatic carbocycles. The van der Waals surface area contributed by atoms with E-state index in [1.807, 2.05) is 0 Å². The fourth-order valence-electron chi connectivity index (χ4n) is 1.17. The summed E-state index contributed by atoms with van der Waals surface area (Å²) in [4.78, 5) is 33.0. The molecular weight excluding hydrogens is 242 g/mol. The van der Waals surface area contributed by atoms with Gasteiger partial charge in [-0.15, -0.1) is 0 Å². The molecule has 0 heterocycles.